The second-order valence-electron chi connectivity index (χ2n) is 5.20. The molecule has 0 saturated heterocycles. The first-order valence-electron chi connectivity index (χ1n) is 6.64. The standard InChI is InChI=1S/C15H15N3O3/c1-8-13-11(7-12(19)16-14(13)18(2)17-8)9-3-5-10(6-4-9)15(20)21/h3-6,11H,7H2,1-2H3,(H,16,19)(H,20,21)/t11-/m0/s1. The van der Waals surface area contributed by atoms with Crippen LogP contribution in [0, 0.1) is 6.92 Å². The molecule has 2 heterocycles. The number of fused-ring (bicyclic) bond motifs is 1. The van der Waals surface area contributed by atoms with E-state index in [0.717, 1.165) is 22.6 Å². The van der Waals surface area contributed by atoms with E-state index in [9.17, 15) is 9.59 Å². The van der Waals surface area contributed by atoms with Crippen LogP contribution in [0.5, 0.6) is 0 Å². The average molecular weight is 285 g/mol. The van der Waals surface area contributed by atoms with E-state index in [1.165, 1.54) is 0 Å². The Kier molecular flexibility index (Phi) is 3.01. The summed E-state index contributed by atoms with van der Waals surface area (Å²) >= 11 is 0. The number of aryl methyl sites for hydroxylation is 2. The lowest BCUT2D eigenvalue weighted by atomic mass is 9.85. The second kappa shape index (κ2) is 4.73. The van der Waals surface area contributed by atoms with Crippen LogP contribution in [0.2, 0.25) is 0 Å². The topological polar surface area (TPSA) is 84.2 Å². The highest BCUT2D eigenvalue weighted by molar-refractivity contribution is 5.94. The first kappa shape index (κ1) is 13.4. The summed E-state index contributed by atoms with van der Waals surface area (Å²) in [7, 11) is 1.79. The van der Waals surface area contributed by atoms with Crippen molar-refractivity contribution in [1.82, 2.24) is 9.78 Å². The lowest BCUT2D eigenvalue weighted by molar-refractivity contribution is -0.116. The molecule has 1 aromatic carbocycles. The molecule has 0 unspecified atom stereocenters. The summed E-state index contributed by atoms with van der Waals surface area (Å²) in [5.41, 5.74) is 3.04. The lowest BCUT2D eigenvalue weighted by Gasteiger charge is -2.24. The second-order valence-corrected chi connectivity index (χ2v) is 5.20. The number of aromatic nitrogens is 2. The van der Waals surface area contributed by atoms with Gasteiger partial charge in [-0.05, 0) is 24.6 Å². The Bertz CT molecular complexity index is 731. The molecule has 0 bridgehead atoms. The molecule has 1 aliphatic rings. The van der Waals surface area contributed by atoms with Crippen LogP contribution in [0.15, 0.2) is 24.3 Å². The Morgan fingerprint density at radius 3 is 2.67 bits per heavy atom. The van der Waals surface area contributed by atoms with Crippen molar-refractivity contribution in [2.75, 3.05) is 5.32 Å². The molecule has 1 aromatic heterocycles. The predicted octanol–water partition coefficient (Wildman–Crippen LogP) is 1.90. The maximum Gasteiger partial charge on any atom is 0.335 e. The molecule has 6 nitrogen and oxygen atoms in total. The summed E-state index contributed by atoms with van der Waals surface area (Å²) in [5, 5.41) is 16.2. The highest BCUT2D eigenvalue weighted by atomic mass is 16.4. The van der Waals surface area contributed by atoms with Gasteiger partial charge in [0.25, 0.3) is 0 Å². The molecular formula is C15H15N3O3. The molecule has 0 aliphatic carbocycles. The zero-order valence-corrected chi connectivity index (χ0v) is 11.8. The van der Waals surface area contributed by atoms with Crippen molar-refractivity contribution in [3.05, 3.63) is 46.6 Å². The summed E-state index contributed by atoms with van der Waals surface area (Å²) in [6.07, 6.45) is 0.339. The van der Waals surface area contributed by atoms with Crippen LogP contribution in [0.1, 0.15) is 39.5 Å². The van der Waals surface area contributed by atoms with Crippen LogP contribution in [0.25, 0.3) is 0 Å². The first-order valence-corrected chi connectivity index (χ1v) is 6.64. The molecule has 3 rings (SSSR count). The number of carboxylic acid groups (broad SMARTS) is 1. The molecule has 6 heteroatoms. The van der Waals surface area contributed by atoms with E-state index in [0.29, 0.717) is 6.42 Å². The number of aromatic carboxylic acids is 1. The van der Waals surface area contributed by atoms with Crippen LogP contribution in [0.3, 0.4) is 0 Å². The van der Waals surface area contributed by atoms with Gasteiger partial charge in [-0.2, -0.15) is 5.10 Å². The fourth-order valence-corrected chi connectivity index (χ4v) is 2.85. The predicted molar refractivity (Wildman–Crippen MR) is 76.4 cm³/mol. The Labute approximate surface area is 121 Å². The van der Waals surface area contributed by atoms with E-state index in [1.54, 1.807) is 36.0 Å². The van der Waals surface area contributed by atoms with Crippen LogP contribution in [-0.4, -0.2) is 26.8 Å². The molecule has 0 fully saturated rings. The van der Waals surface area contributed by atoms with Crippen molar-refractivity contribution in [3.63, 3.8) is 0 Å². The van der Waals surface area contributed by atoms with Gasteiger partial charge in [-0.3, -0.25) is 9.48 Å². The van der Waals surface area contributed by atoms with E-state index in [2.05, 4.69) is 10.4 Å². The van der Waals surface area contributed by atoms with Gasteiger partial charge in [-0.1, -0.05) is 12.1 Å². The van der Waals surface area contributed by atoms with Crippen LogP contribution >= 0.6 is 0 Å². The Hall–Kier alpha value is -2.63. The minimum Gasteiger partial charge on any atom is -0.478 e. The van der Waals surface area contributed by atoms with Gasteiger partial charge in [0, 0.05) is 24.9 Å². The molecule has 2 aromatic rings. The van der Waals surface area contributed by atoms with E-state index < -0.39 is 5.97 Å². The Balaban J connectivity index is 2.07. The van der Waals surface area contributed by atoms with Crippen molar-refractivity contribution in [2.24, 2.45) is 7.05 Å². The molecule has 1 atom stereocenters. The van der Waals surface area contributed by atoms with Gasteiger partial charge in [-0.15, -0.1) is 0 Å². The molecule has 2 N–H and O–H groups in total. The Morgan fingerprint density at radius 1 is 1.38 bits per heavy atom. The van der Waals surface area contributed by atoms with Crippen molar-refractivity contribution in [1.29, 1.82) is 0 Å². The van der Waals surface area contributed by atoms with Crippen LogP contribution < -0.4 is 5.32 Å². The number of carbonyl (C=O) groups is 2. The number of hydrogen-bond donors (Lipinski definition) is 2. The largest absolute Gasteiger partial charge is 0.478 e. The van der Waals surface area contributed by atoms with E-state index in [-0.39, 0.29) is 17.4 Å². The lowest BCUT2D eigenvalue weighted by Crippen LogP contribution is -2.24. The van der Waals surface area contributed by atoms with Gasteiger partial charge >= 0.3 is 5.97 Å². The van der Waals surface area contributed by atoms with E-state index in [1.807, 2.05) is 6.92 Å². The van der Waals surface area contributed by atoms with Gasteiger partial charge in [-0.25, -0.2) is 4.79 Å². The maximum absolute atomic E-state index is 11.9. The number of carboxylic acids is 1. The molecule has 0 radical (unpaired) electrons. The zero-order valence-electron chi connectivity index (χ0n) is 11.8. The summed E-state index contributed by atoms with van der Waals surface area (Å²) in [6, 6.07) is 6.66. The highest BCUT2D eigenvalue weighted by Crippen LogP contribution is 2.38. The maximum atomic E-state index is 11.9. The summed E-state index contributed by atoms with van der Waals surface area (Å²) in [4.78, 5) is 22.8. The molecule has 21 heavy (non-hydrogen) atoms. The first-order chi connectivity index (χ1) is 9.97. The number of anilines is 1. The number of rotatable bonds is 2. The van der Waals surface area contributed by atoms with Crippen molar-refractivity contribution in [2.45, 2.75) is 19.3 Å². The quantitative estimate of drug-likeness (QED) is 0.882. The monoisotopic (exact) mass is 285 g/mol. The number of nitrogens with one attached hydrogen (secondary N) is 1. The summed E-state index contributed by atoms with van der Waals surface area (Å²) in [6.45, 7) is 1.91. The third-order valence-electron chi connectivity index (χ3n) is 3.82. The van der Waals surface area contributed by atoms with E-state index >= 15 is 0 Å². The fraction of sp³-hybridized carbons (Fsp3) is 0.267. The minimum atomic E-state index is -0.957. The number of benzene rings is 1. The number of hydrogen-bond acceptors (Lipinski definition) is 3. The fourth-order valence-electron chi connectivity index (χ4n) is 2.85. The molecular weight excluding hydrogens is 270 g/mol. The molecule has 0 saturated carbocycles. The number of amides is 1. The number of nitrogens with zero attached hydrogens (tertiary/aromatic N) is 2. The third kappa shape index (κ3) is 2.18. The SMILES string of the molecule is Cc1nn(C)c2c1[C@H](c1ccc(C(=O)O)cc1)CC(=O)N2. The molecule has 0 spiro atoms. The highest BCUT2D eigenvalue weighted by Gasteiger charge is 2.31. The van der Waals surface area contributed by atoms with Crippen molar-refractivity contribution in [3.8, 4) is 0 Å². The van der Waals surface area contributed by atoms with Gasteiger partial charge in [0.15, 0.2) is 0 Å². The smallest absolute Gasteiger partial charge is 0.335 e. The van der Waals surface area contributed by atoms with Gasteiger partial charge < -0.3 is 10.4 Å². The minimum absolute atomic E-state index is 0.0576. The molecule has 108 valence electrons. The van der Waals surface area contributed by atoms with Crippen LogP contribution in [0.4, 0.5) is 5.82 Å². The molecule has 1 aliphatic heterocycles. The van der Waals surface area contributed by atoms with Crippen molar-refractivity contribution >= 4 is 17.7 Å². The summed E-state index contributed by atoms with van der Waals surface area (Å²) in [5.74, 6) is -0.389. The molecule has 1 amide bonds. The Morgan fingerprint density at radius 2 is 2.05 bits per heavy atom. The third-order valence-corrected chi connectivity index (χ3v) is 3.82. The number of carbonyl (C=O) groups excluding carboxylic acids is 1. The van der Waals surface area contributed by atoms with Crippen molar-refractivity contribution < 1.29 is 14.7 Å². The van der Waals surface area contributed by atoms with Crippen LogP contribution in [-0.2, 0) is 11.8 Å². The zero-order chi connectivity index (χ0) is 15.1. The van der Waals surface area contributed by atoms with Gasteiger partial charge in [0.05, 0.1) is 11.3 Å². The summed E-state index contributed by atoms with van der Waals surface area (Å²) < 4.78 is 1.67. The normalized spacial score (nSPS) is 17.2. The average Bonchev–Trinajstić information content (AvgIpc) is 2.73. The van der Waals surface area contributed by atoms with E-state index in [4.69, 9.17) is 5.11 Å². The van der Waals surface area contributed by atoms with Gasteiger partial charge in [0.2, 0.25) is 5.91 Å². The van der Waals surface area contributed by atoms with Gasteiger partial charge in [0.1, 0.15) is 5.82 Å².